The van der Waals surface area contributed by atoms with E-state index in [4.69, 9.17) is 14.6 Å². The summed E-state index contributed by atoms with van der Waals surface area (Å²) in [5.41, 5.74) is 3.56. The van der Waals surface area contributed by atoms with E-state index in [1.807, 2.05) is 62.4 Å². The summed E-state index contributed by atoms with van der Waals surface area (Å²) >= 11 is 1.42. The van der Waals surface area contributed by atoms with Gasteiger partial charge in [-0.1, -0.05) is 30.3 Å². The Balaban J connectivity index is 1.61. The fourth-order valence-corrected chi connectivity index (χ4v) is 4.55. The lowest BCUT2D eigenvalue weighted by molar-refractivity contribution is 0.0755. The number of nitrogens with zero attached hydrogens (tertiary/aromatic N) is 3. The lowest BCUT2D eigenvalue weighted by Crippen LogP contribution is -2.32. The van der Waals surface area contributed by atoms with Crippen LogP contribution < -0.4 is 9.47 Å². The number of aryl methyl sites for hydroxylation is 1. The number of methoxy groups -OCH3 is 1. The van der Waals surface area contributed by atoms with Gasteiger partial charge in [0.1, 0.15) is 9.88 Å². The smallest absolute Gasteiger partial charge is 0.285 e. The Morgan fingerprint density at radius 3 is 2.68 bits per heavy atom. The summed E-state index contributed by atoms with van der Waals surface area (Å²) in [5.74, 6) is 1.26. The van der Waals surface area contributed by atoms with Crippen molar-refractivity contribution in [3.63, 3.8) is 0 Å². The van der Waals surface area contributed by atoms with Crippen LogP contribution in [-0.2, 0) is 0 Å². The molecule has 7 heteroatoms. The van der Waals surface area contributed by atoms with Crippen LogP contribution in [0.2, 0.25) is 0 Å². The SMILES string of the molecule is CCOc1cc(C2=NN(C(=O)c3sc(-c4ccccc4)nc3C)CCC2)ccc1OC. The molecule has 0 saturated carbocycles. The zero-order valence-electron chi connectivity index (χ0n) is 17.9. The molecule has 0 aliphatic carbocycles. The molecule has 2 aromatic carbocycles. The zero-order valence-corrected chi connectivity index (χ0v) is 18.7. The van der Waals surface area contributed by atoms with Crippen molar-refractivity contribution >= 4 is 23.0 Å². The Kier molecular flexibility index (Phi) is 6.32. The van der Waals surface area contributed by atoms with Gasteiger partial charge in [0.05, 0.1) is 25.1 Å². The van der Waals surface area contributed by atoms with Crippen LogP contribution in [0.3, 0.4) is 0 Å². The van der Waals surface area contributed by atoms with Gasteiger partial charge in [0.25, 0.3) is 5.91 Å². The van der Waals surface area contributed by atoms with E-state index >= 15 is 0 Å². The van der Waals surface area contributed by atoms with Crippen LogP contribution in [0.4, 0.5) is 0 Å². The molecule has 2 heterocycles. The second kappa shape index (κ2) is 9.31. The number of hydrogen-bond donors (Lipinski definition) is 0. The highest BCUT2D eigenvalue weighted by molar-refractivity contribution is 7.17. The van der Waals surface area contributed by atoms with E-state index in [0.29, 0.717) is 29.5 Å². The number of carbonyl (C=O) groups excluding carboxylic acids is 1. The standard InChI is InChI=1S/C24H25N3O3S/c1-4-30-21-15-18(12-13-20(21)29-3)19-11-8-14-27(26-19)24(28)22-16(2)25-23(31-22)17-9-6-5-7-10-17/h5-7,9-10,12-13,15H,4,8,11,14H2,1-3H3. The fraction of sp³-hybridized carbons (Fsp3) is 0.292. The maximum absolute atomic E-state index is 13.3. The topological polar surface area (TPSA) is 64.0 Å². The molecule has 0 N–H and O–H groups in total. The van der Waals surface area contributed by atoms with Crippen LogP contribution >= 0.6 is 11.3 Å². The van der Waals surface area contributed by atoms with Gasteiger partial charge in [-0.2, -0.15) is 5.10 Å². The second-order valence-electron chi connectivity index (χ2n) is 7.18. The number of ether oxygens (including phenoxy) is 2. The summed E-state index contributed by atoms with van der Waals surface area (Å²) in [6.45, 7) is 4.95. The summed E-state index contributed by atoms with van der Waals surface area (Å²) in [5, 5.41) is 7.11. The number of aromatic nitrogens is 1. The third-order valence-corrected chi connectivity index (χ3v) is 6.26. The first kappa shape index (κ1) is 21.1. The van der Waals surface area contributed by atoms with Crippen LogP contribution in [0.15, 0.2) is 53.6 Å². The third-order valence-electron chi connectivity index (χ3n) is 5.07. The van der Waals surface area contributed by atoms with Gasteiger partial charge in [-0.3, -0.25) is 4.79 Å². The molecule has 160 valence electrons. The first-order valence-electron chi connectivity index (χ1n) is 10.3. The van der Waals surface area contributed by atoms with Crippen molar-refractivity contribution in [2.75, 3.05) is 20.3 Å². The van der Waals surface area contributed by atoms with Crippen molar-refractivity contribution in [3.05, 3.63) is 64.7 Å². The Bertz CT molecular complexity index is 1110. The van der Waals surface area contributed by atoms with Gasteiger partial charge >= 0.3 is 0 Å². The highest BCUT2D eigenvalue weighted by Gasteiger charge is 2.25. The molecule has 0 saturated heterocycles. The van der Waals surface area contributed by atoms with Crippen LogP contribution in [0.1, 0.15) is 40.7 Å². The summed E-state index contributed by atoms with van der Waals surface area (Å²) < 4.78 is 11.1. The van der Waals surface area contributed by atoms with E-state index < -0.39 is 0 Å². The zero-order chi connectivity index (χ0) is 21.8. The first-order chi connectivity index (χ1) is 15.1. The molecular weight excluding hydrogens is 410 g/mol. The molecule has 3 aromatic rings. The van der Waals surface area contributed by atoms with Crippen molar-refractivity contribution in [3.8, 4) is 22.1 Å². The van der Waals surface area contributed by atoms with Crippen molar-refractivity contribution in [2.24, 2.45) is 5.10 Å². The number of benzene rings is 2. The minimum absolute atomic E-state index is 0.104. The molecule has 1 aliphatic heterocycles. The highest BCUT2D eigenvalue weighted by atomic mass is 32.1. The molecule has 1 aliphatic rings. The lowest BCUT2D eigenvalue weighted by atomic mass is 10.0. The number of carbonyl (C=O) groups is 1. The summed E-state index contributed by atoms with van der Waals surface area (Å²) in [6.07, 6.45) is 1.66. The van der Waals surface area contributed by atoms with E-state index in [0.717, 1.165) is 40.4 Å². The number of rotatable bonds is 6. The maximum Gasteiger partial charge on any atom is 0.285 e. The van der Waals surface area contributed by atoms with E-state index in [1.165, 1.54) is 11.3 Å². The van der Waals surface area contributed by atoms with Crippen LogP contribution in [0.25, 0.3) is 10.6 Å². The van der Waals surface area contributed by atoms with Gasteiger partial charge in [-0.25, -0.2) is 9.99 Å². The van der Waals surface area contributed by atoms with Gasteiger partial charge in [-0.15, -0.1) is 11.3 Å². The molecule has 0 bridgehead atoms. The minimum Gasteiger partial charge on any atom is -0.493 e. The Morgan fingerprint density at radius 2 is 1.94 bits per heavy atom. The molecule has 1 amide bonds. The molecule has 4 rings (SSSR count). The van der Waals surface area contributed by atoms with Crippen molar-refractivity contribution in [2.45, 2.75) is 26.7 Å². The minimum atomic E-state index is -0.104. The monoisotopic (exact) mass is 435 g/mol. The molecule has 6 nitrogen and oxygen atoms in total. The van der Waals surface area contributed by atoms with Crippen LogP contribution in [0, 0.1) is 6.92 Å². The van der Waals surface area contributed by atoms with Gasteiger partial charge < -0.3 is 9.47 Å². The fourth-order valence-electron chi connectivity index (χ4n) is 3.53. The molecule has 31 heavy (non-hydrogen) atoms. The molecule has 0 spiro atoms. The van der Waals surface area contributed by atoms with Gasteiger partial charge in [0.15, 0.2) is 11.5 Å². The predicted octanol–water partition coefficient (Wildman–Crippen LogP) is 5.17. The van der Waals surface area contributed by atoms with Gasteiger partial charge in [0.2, 0.25) is 0 Å². The summed E-state index contributed by atoms with van der Waals surface area (Å²) in [6, 6.07) is 15.7. The third kappa shape index (κ3) is 4.46. The van der Waals surface area contributed by atoms with E-state index in [1.54, 1.807) is 12.1 Å². The Hall–Kier alpha value is -3.19. The highest BCUT2D eigenvalue weighted by Crippen LogP contribution is 2.31. The lowest BCUT2D eigenvalue weighted by Gasteiger charge is -2.23. The predicted molar refractivity (Wildman–Crippen MR) is 123 cm³/mol. The Labute approximate surface area is 186 Å². The molecular formula is C24H25N3O3S. The van der Waals surface area contributed by atoms with E-state index in [-0.39, 0.29) is 5.91 Å². The maximum atomic E-state index is 13.3. The molecule has 0 fully saturated rings. The molecule has 0 atom stereocenters. The summed E-state index contributed by atoms with van der Waals surface area (Å²) in [4.78, 5) is 18.5. The number of hydrazone groups is 1. The van der Waals surface area contributed by atoms with Crippen molar-refractivity contribution < 1.29 is 14.3 Å². The van der Waals surface area contributed by atoms with Crippen molar-refractivity contribution in [1.82, 2.24) is 9.99 Å². The van der Waals surface area contributed by atoms with Crippen molar-refractivity contribution in [1.29, 1.82) is 0 Å². The van der Waals surface area contributed by atoms with E-state index in [2.05, 4.69) is 4.98 Å². The average molecular weight is 436 g/mol. The quantitative estimate of drug-likeness (QED) is 0.536. The Morgan fingerprint density at radius 1 is 1.13 bits per heavy atom. The number of hydrogen-bond acceptors (Lipinski definition) is 6. The van der Waals surface area contributed by atoms with Crippen LogP contribution in [-0.4, -0.2) is 41.9 Å². The molecule has 1 aromatic heterocycles. The second-order valence-corrected chi connectivity index (χ2v) is 8.18. The summed E-state index contributed by atoms with van der Waals surface area (Å²) in [7, 11) is 1.62. The average Bonchev–Trinajstić information content (AvgIpc) is 3.21. The molecule has 0 radical (unpaired) electrons. The number of thiazole rings is 1. The molecule has 0 unspecified atom stereocenters. The first-order valence-corrected chi connectivity index (χ1v) is 11.2. The van der Waals surface area contributed by atoms with Gasteiger partial charge in [0, 0.05) is 17.7 Å². The van der Waals surface area contributed by atoms with Gasteiger partial charge in [-0.05, 0) is 44.9 Å². The number of amides is 1. The van der Waals surface area contributed by atoms with Crippen LogP contribution in [0.5, 0.6) is 11.5 Å². The van der Waals surface area contributed by atoms with E-state index in [9.17, 15) is 4.79 Å². The normalized spacial score (nSPS) is 13.6. The largest absolute Gasteiger partial charge is 0.493 e.